The number of nitrogens with zero attached hydrogens (tertiary/aromatic N) is 13. The number of pyridine rings is 3. The molecule has 0 bridgehead atoms. The molecule has 622 valence electrons. The Kier molecular flexibility index (Phi) is 13.3. The van der Waals surface area contributed by atoms with E-state index in [9.17, 15) is 0 Å². The first kappa shape index (κ1) is 71.4. The van der Waals surface area contributed by atoms with E-state index in [-0.39, 0.29) is 0 Å². The topological polar surface area (TPSA) is 111 Å². The summed E-state index contributed by atoms with van der Waals surface area (Å²) in [6.45, 7) is 8.91. The molecular weight excluding hydrogens is 1700 g/mol. The lowest BCUT2D eigenvalue weighted by Crippen LogP contribution is -2.77. The van der Waals surface area contributed by atoms with Crippen LogP contribution in [0.25, 0.3) is 166 Å². The van der Waals surface area contributed by atoms with Crippen LogP contribution in [-0.4, -0.2) is 33.5 Å². The summed E-state index contributed by atoms with van der Waals surface area (Å²) in [5, 5.41) is 23.7. The summed E-state index contributed by atoms with van der Waals surface area (Å²) in [6, 6.07) is 117. The third-order valence-corrected chi connectivity index (χ3v) is 33.2. The molecule has 9 aliphatic rings. The number of aromatic nitrogens is 13. The molecule has 0 N–H and O–H groups in total. The molecule has 11 aromatic heterocycles. The Morgan fingerprint density at radius 3 is 1.29 bits per heavy atom. The second kappa shape index (κ2) is 24.7. The predicted octanol–water partition coefficient (Wildman–Crippen LogP) is 23.4. The SMILES string of the molecule is Cc1c(-c2ccc3sc4ccccc4c3c2)c(C)[n+]2n1-c1cccc3c1C21c2c(cccc2Oc2cccc[n+]21)O3.Cc1c(-c2ccc3sc4ccccc4c3c2)n[n+]2n1-c1cccc3c1C21c2c(ccc4c5ccccc5n(c24)-c2cccc[n+]21)O3.Cc1c(-c2ccc3sc4ccccc4c3c2)nn2[n+]1C13c4c(cccc4-2)Oc2ccc4c5ccccc5n(c4c21)-c1cccc[n+]13. The van der Waals surface area contributed by atoms with Gasteiger partial charge in [0.15, 0.2) is 56.6 Å². The average molecular weight is 1770 g/mol. The van der Waals surface area contributed by atoms with Crippen LogP contribution in [-0.2, 0) is 17.0 Å². The van der Waals surface area contributed by atoms with Crippen molar-refractivity contribution in [3.63, 3.8) is 0 Å². The van der Waals surface area contributed by atoms with Gasteiger partial charge in [-0.3, -0.25) is 0 Å². The maximum absolute atomic E-state index is 6.80. The van der Waals surface area contributed by atoms with Crippen molar-refractivity contribution in [1.29, 1.82) is 0 Å². The Bertz CT molecular complexity index is 9690. The van der Waals surface area contributed by atoms with Gasteiger partial charge < -0.3 is 18.9 Å². The standard InChI is InChI=1S/2C39H23N5OS.C35H23N3O2S/c1-22-37(23-16-19-33-27(21-23)25-10-3-5-14-32(25)46-33)40-44-29-12-8-13-30-35(29)39(43(22)44)36-31(45-30)18-17-26-24-9-2-4-11-28(24)42(38(26)36)34-15-6-7-20-41(34)39;1-22-37(23-16-19-33-27(21-23)25-10-3-5-14-32(25)46-33)40-44-39-35-29(43(22)44)12-8-13-30(35)45-31-18-17-26-24-9-2-4-11-28(24)42(38(26)36(31)39)34-15-6-7-20-41(34)39;1-20-32(22-16-17-30-24(19-22)23-9-3-4-14-29(23)41-30)21(2)38-35-33-25(37(20)38)10-7-11-26(33)39-27-12-8-13-28(34(27)35)40-31-15-5-6-18-36(31)35/h2*2-21H,1H3;3-19H,1-2H3/q3*+2. The summed E-state index contributed by atoms with van der Waals surface area (Å²) in [4.78, 5) is 4.35. The minimum Gasteiger partial charge on any atom is -0.456 e. The second-order valence-corrected chi connectivity index (χ2v) is 39.3. The molecule has 0 saturated heterocycles. The van der Waals surface area contributed by atoms with Crippen molar-refractivity contribution < 1.29 is 46.8 Å². The minimum atomic E-state index is -0.790. The molecule has 25 aromatic rings. The van der Waals surface area contributed by atoms with E-state index in [2.05, 4.69) is 407 Å². The second-order valence-electron chi connectivity index (χ2n) is 36.0. The third kappa shape index (κ3) is 8.41. The molecule has 0 fully saturated rings. The van der Waals surface area contributed by atoms with E-state index in [4.69, 9.17) is 29.1 Å². The quantitative estimate of drug-likeness (QED) is 0.163. The Morgan fingerprint density at radius 2 is 0.714 bits per heavy atom. The van der Waals surface area contributed by atoms with Gasteiger partial charge in [0.1, 0.15) is 79.4 Å². The summed E-state index contributed by atoms with van der Waals surface area (Å²) in [7, 11) is 0. The molecule has 0 saturated carbocycles. The van der Waals surface area contributed by atoms with E-state index >= 15 is 0 Å². The number of fused-ring (bicyclic) bond motifs is 26. The summed E-state index contributed by atoms with van der Waals surface area (Å²) < 4.78 is 56.0. The highest BCUT2D eigenvalue weighted by Crippen LogP contribution is 2.61. The van der Waals surface area contributed by atoms with E-state index in [1.807, 2.05) is 52.2 Å². The van der Waals surface area contributed by atoms with Crippen molar-refractivity contribution in [2.24, 2.45) is 0 Å². The molecule has 0 radical (unpaired) electrons. The third-order valence-electron chi connectivity index (χ3n) is 29.8. The lowest BCUT2D eigenvalue weighted by atomic mass is 9.84. The van der Waals surface area contributed by atoms with Gasteiger partial charge in [-0.2, -0.15) is 18.3 Å². The maximum Gasteiger partial charge on any atom is 0.452 e. The van der Waals surface area contributed by atoms with Crippen molar-refractivity contribution in [3.05, 3.63) is 402 Å². The van der Waals surface area contributed by atoms with E-state index in [1.165, 1.54) is 127 Å². The monoisotopic (exact) mass is 1770 g/mol. The van der Waals surface area contributed by atoms with Crippen LogP contribution in [0.2, 0.25) is 0 Å². The number of thiophene rings is 3. The van der Waals surface area contributed by atoms with Crippen LogP contribution in [0, 0.1) is 27.7 Å². The summed E-state index contributed by atoms with van der Waals surface area (Å²) in [5.41, 5.74) is 23.6. The van der Waals surface area contributed by atoms with Crippen molar-refractivity contribution in [2.75, 3.05) is 0 Å². The first-order valence-electron chi connectivity index (χ1n) is 45.0. The van der Waals surface area contributed by atoms with Crippen LogP contribution in [0.1, 0.15) is 56.2 Å². The van der Waals surface area contributed by atoms with E-state index in [0.29, 0.717) is 0 Å². The molecule has 0 amide bonds. The smallest absolute Gasteiger partial charge is 0.452 e. The minimum absolute atomic E-state index is 0.697. The molecule has 17 nitrogen and oxygen atoms in total. The number of para-hydroxylation sites is 2. The Balaban J connectivity index is 0.0000000921. The molecule has 20 heteroatoms. The van der Waals surface area contributed by atoms with Crippen molar-refractivity contribution >= 4 is 138 Å². The Morgan fingerprint density at radius 1 is 0.293 bits per heavy atom. The molecule has 0 aliphatic carbocycles. The van der Waals surface area contributed by atoms with Gasteiger partial charge in [0.05, 0.1) is 39.6 Å². The fraction of sp³-hybridized carbons (Fsp3) is 0.0619. The highest BCUT2D eigenvalue weighted by atomic mass is 32.1. The first-order chi connectivity index (χ1) is 65.6. The van der Waals surface area contributed by atoms with Crippen LogP contribution in [0.15, 0.2) is 346 Å². The van der Waals surface area contributed by atoms with Gasteiger partial charge in [0, 0.05) is 130 Å². The maximum atomic E-state index is 6.80. The molecule has 34 rings (SSSR count). The zero-order chi connectivity index (χ0) is 86.8. The summed E-state index contributed by atoms with van der Waals surface area (Å²) in [6.07, 6.45) is 6.56. The molecule has 20 heterocycles. The number of rotatable bonds is 3. The molecule has 9 aliphatic heterocycles. The van der Waals surface area contributed by atoms with Crippen LogP contribution in [0.4, 0.5) is 0 Å². The van der Waals surface area contributed by atoms with Crippen molar-refractivity contribution in [1.82, 2.24) is 33.5 Å². The van der Waals surface area contributed by atoms with E-state index in [1.54, 1.807) is 0 Å². The molecular formula is C113H69N13O4S3+6. The molecule has 133 heavy (non-hydrogen) atoms. The molecule has 14 aromatic carbocycles. The van der Waals surface area contributed by atoms with Gasteiger partial charge in [-0.25, -0.2) is 0 Å². The molecule has 3 unspecified atom stereocenters. The van der Waals surface area contributed by atoms with Crippen LogP contribution >= 0.6 is 34.0 Å². The number of hydrogen-bond donors (Lipinski definition) is 0. The Hall–Kier alpha value is -16.5. The number of ether oxygens (including phenoxy) is 4. The highest BCUT2D eigenvalue weighted by molar-refractivity contribution is 7.26. The highest BCUT2D eigenvalue weighted by Gasteiger charge is 2.75. The van der Waals surface area contributed by atoms with Gasteiger partial charge in [0.2, 0.25) is 5.69 Å². The number of benzene rings is 14. The van der Waals surface area contributed by atoms with Gasteiger partial charge in [-0.1, -0.05) is 141 Å². The summed E-state index contributed by atoms with van der Waals surface area (Å²) in [5.74, 6) is 8.97. The lowest BCUT2D eigenvalue weighted by Gasteiger charge is -2.35. The van der Waals surface area contributed by atoms with Crippen LogP contribution < -0.4 is 46.8 Å². The zero-order valence-corrected chi connectivity index (χ0v) is 74.0. The van der Waals surface area contributed by atoms with Crippen molar-refractivity contribution in [3.8, 4) is 108 Å². The first-order valence-corrected chi connectivity index (χ1v) is 47.5. The largest absolute Gasteiger partial charge is 0.456 e. The lowest BCUT2D eigenvalue weighted by molar-refractivity contribution is -1.02. The van der Waals surface area contributed by atoms with Crippen LogP contribution in [0.5, 0.6) is 46.1 Å². The van der Waals surface area contributed by atoms with Crippen LogP contribution in [0.3, 0.4) is 0 Å². The Labute approximate surface area is 768 Å². The van der Waals surface area contributed by atoms with Gasteiger partial charge >= 0.3 is 22.9 Å². The van der Waals surface area contributed by atoms with Gasteiger partial charge in [-0.05, 0) is 205 Å². The molecule has 3 spiro atoms. The van der Waals surface area contributed by atoms with E-state index in [0.717, 1.165) is 142 Å². The fourth-order valence-corrected chi connectivity index (χ4v) is 28.1. The van der Waals surface area contributed by atoms with Gasteiger partial charge in [-0.15, -0.1) is 38.7 Å². The number of hydrogen-bond acceptors (Lipinski definition) is 9. The van der Waals surface area contributed by atoms with Crippen molar-refractivity contribution in [2.45, 2.75) is 44.7 Å². The summed E-state index contributed by atoms with van der Waals surface area (Å²) >= 11 is 5.55. The normalized spacial score (nSPS) is 16.8. The van der Waals surface area contributed by atoms with Gasteiger partial charge in [0.25, 0.3) is 17.3 Å². The average Bonchev–Trinajstić information content (AvgIpc) is 1.42. The van der Waals surface area contributed by atoms with E-state index < -0.39 is 17.0 Å². The predicted molar refractivity (Wildman–Crippen MR) is 517 cm³/mol. The fourth-order valence-electron chi connectivity index (χ4n) is 24.8. The zero-order valence-electron chi connectivity index (χ0n) is 71.6. The molecule has 3 atom stereocenters.